The van der Waals surface area contributed by atoms with Crippen LogP contribution in [-0.2, 0) is 23.9 Å². The third-order valence-electron chi connectivity index (χ3n) is 5.63. The van der Waals surface area contributed by atoms with E-state index >= 15 is 0 Å². The molecule has 1 saturated heterocycles. The van der Waals surface area contributed by atoms with Gasteiger partial charge in [0, 0.05) is 6.07 Å². The average Bonchev–Trinajstić information content (AvgIpc) is 3.02. The molecule has 3 atom stereocenters. The zero-order chi connectivity index (χ0) is 21.8. The van der Waals surface area contributed by atoms with Crippen molar-refractivity contribution in [2.75, 3.05) is 26.1 Å². The number of carbonyl (C=O) groups is 4. The summed E-state index contributed by atoms with van der Waals surface area (Å²) in [5.74, 6) is -1.74. The molecular formula is C21H26N2O7. The molecule has 1 saturated carbocycles. The molecule has 1 N–H and O–H groups in total. The van der Waals surface area contributed by atoms with Crippen LogP contribution in [0.5, 0.6) is 11.5 Å². The zero-order valence-electron chi connectivity index (χ0n) is 17.3. The molecule has 1 aromatic rings. The van der Waals surface area contributed by atoms with Crippen LogP contribution in [0.2, 0.25) is 0 Å². The number of benzene rings is 1. The van der Waals surface area contributed by atoms with Crippen molar-refractivity contribution in [2.45, 2.75) is 38.6 Å². The van der Waals surface area contributed by atoms with Gasteiger partial charge in [-0.05, 0) is 31.9 Å². The van der Waals surface area contributed by atoms with Crippen molar-refractivity contribution in [2.24, 2.45) is 11.8 Å². The SMILES string of the molecule is COc1ccc(NC(=O)COC(=O)[C@H](C)N2C(=O)C3CCCCC3C2=O)c(OC)c1. The van der Waals surface area contributed by atoms with Crippen LogP contribution < -0.4 is 14.8 Å². The molecule has 3 amide bonds. The highest BCUT2D eigenvalue weighted by atomic mass is 16.5. The smallest absolute Gasteiger partial charge is 0.329 e. The highest BCUT2D eigenvalue weighted by Crippen LogP contribution is 2.39. The van der Waals surface area contributed by atoms with Crippen LogP contribution in [0, 0.1) is 11.8 Å². The number of carbonyl (C=O) groups excluding carboxylic acids is 4. The first-order valence-electron chi connectivity index (χ1n) is 9.92. The van der Waals surface area contributed by atoms with E-state index in [0.717, 1.165) is 17.7 Å². The summed E-state index contributed by atoms with van der Waals surface area (Å²) in [7, 11) is 2.96. The first kappa shape index (κ1) is 21.6. The summed E-state index contributed by atoms with van der Waals surface area (Å²) in [6, 6.07) is 3.78. The molecule has 0 bridgehead atoms. The largest absolute Gasteiger partial charge is 0.497 e. The Balaban J connectivity index is 1.57. The fourth-order valence-corrected chi connectivity index (χ4v) is 4.02. The highest BCUT2D eigenvalue weighted by Gasteiger charge is 2.51. The number of nitrogens with one attached hydrogen (secondary N) is 1. The number of rotatable bonds is 7. The van der Waals surface area contributed by atoms with Crippen molar-refractivity contribution in [1.82, 2.24) is 4.90 Å². The third kappa shape index (κ3) is 4.24. The van der Waals surface area contributed by atoms with Gasteiger partial charge in [0.2, 0.25) is 11.8 Å². The van der Waals surface area contributed by atoms with E-state index in [-0.39, 0.29) is 23.7 Å². The Bertz CT molecular complexity index is 830. The molecule has 3 rings (SSSR count). The van der Waals surface area contributed by atoms with Crippen molar-refractivity contribution < 1.29 is 33.4 Å². The minimum absolute atomic E-state index is 0.318. The van der Waals surface area contributed by atoms with Gasteiger partial charge in [-0.1, -0.05) is 12.8 Å². The fraction of sp³-hybridized carbons (Fsp3) is 0.524. The predicted molar refractivity (Wildman–Crippen MR) is 106 cm³/mol. The second kappa shape index (κ2) is 9.15. The molecule has 30 heavy (non-hydrogen) atoms. The first-order valence-corrected chi connectivity index (χ1v) is 9.92. The summed E-state index contributed by atoms with van der Waals surface area (Å²) in [4.78, 5) is 50.8. The van der Waals surface area contributed by atoms with Crippen molar-refractivity contribution in [3.63, 3.8) is 0 Å². The number of methoxy groups -OCH3 is 2. The quantitative estimate of drug-likeness (QED) is 0.530. The maximum Gasteiger partial charge on any atom is 0.329 e. The molecule has 0 radical (unpaired) electrons. The zero-order valence-corrected chi connectivity index (χ0v) is 17.3. The molecule has 9 nitrogen and oxygen atoms in total. The molecule has 2 aliphatic rings. The Hall–Kier alpha value is -3.10. The van der Waals surface area contributed by atoms with E-state index in [1.807, 2.05) is 0 Å². The van der Waals surface area contributed by atoms with E-state index in [9.17, 15) is 19.2 Å². The molecule has 1 aliphatic carbocycles. The topological polar surface area (TPSA) is 111 Å². The fourth-order valence-electron chi connectivity index (χ4n) is 4.02. The summed E-state index contributed by atoms with van der Waals surface area (Å²) >= 11 is 0. The van der Waals surface area contributed by atoms with Crippen molar-refractivity contribution in [1.29, 1.82) is 0 Å². The van der Waals surface area contributed by atoms with Gasteiger partial charge in [0.05, 0.1) is 31.7 Å². The van der Waals surface area contributed by atoms with Crippen LogP contribution in [-0.4, -0.2) is 55.5 Å². The molecule has 1 aromatic carbocycles. The van der Waals surface area contributed by atoms with Gasteiger partial charge in [-0.2, -0.15) is 0 Å². The number of esters is 1. The number of likely N-dealkylation sites (tertiary alicyclic amines) is 1. The molecule has 2 unspecified atom stereocenters. The number of anilines is 1. The summed E-state index contributed by atoms with van der Waals surface area (Å²) in [5, 5.41) is 2.59. The average molecular weight is 418 g/mol. The summed E-state index contributed by atoms with van der Waals surface area (Å²) < 4.78 is 15.4. The Morgan fingerprint density at radius 2 is 1.73 bits per heavy atom. The van der Waals surface area contributed by atoms with Crippen LogP contribution in [0.4, 0.5) is 5.69 Å². The number of amides is 3. The van der Waals surface area contributed by atoms with Gasteiger partial charge >= 0.3 is 5.97 Å². The standard InChI is InChI=1S/C21H26N2O7/c1-12(23-19(25)14-6-4-5-7-15(14)20(23)26)21(27)30-11-18(24)22-16-9-8-13(28-2)10-17(16)29-3/h8-10,12,14-15H,4-7,11H2,1-3H3,(H,22,24)/t12-,14?,15?/m0/s1. The summed E-state index contributed by atoms with van der Waals surface area (Å²) in [5.41, 5.74) is 0.390. The van der Waals surface area contributed by atoms with Crippen LogP contribution >= 0.6 is 0 Å². The molecule has 0 spiro atoms. The third-order valence-corrected chi connectivity index (χ3v) is 5.63. The van der Waals surface area contributed by atoms with Gasteiger partial charge in [0.15, 0.2) is 6.61 Å². The van der Waals surface area contributed by atoms with Crippen LogP contribution in [0.1, 0.15) is 32.6 Å². The lowest BCUT2D eigenvalue weighted by Gasteiger charge is -2.21. The number of nitrogens with zero attached hydrogens (tertiary/aromatic N) is 1. The van der Waals surface area contributed by atoms with Gasteiger partial charge < -0.3 is 19.5 Å². The van der Waals surface area contributed by atoms with Crippen LogP contribution in [0.15, 0.2) is 18.2 Å². The Labute approximate surface area is 174 Å². The predicted octanol–water partition coefficient (Wildman–Crippen LogP) is 1.75. The number of ether oxygens (including phenoxy) is 3. The van der Waals surface area contributed by atoms with E-state index in [2.05, 4.69) is 5.32 Å². The molecular weight excluding hydrogens is 392 g/mol. The van der Waals surface area contributed by atoms with Crippen LogP contribution in [0.25, 0.3) is 0 Å². The highest BCUT2D eigenvalue weighted by molar-refractivity contribution is 6.08. The molecule has 9 heteroatoms. The van der Waals surface area contributed by atoms with Crippen molar-refractivity contribution in [3.05, 3.63) is 18.2 Å². The maximum atomic E-state index is 12.6. The van der Waals surface area contributed by atoms with Gasteiger partial charge in [0.25, 0.3) is 5.91 Å². The van der Waals surface area contributed by atoms with E-state index in [1.165, 1.54) is 21.1 Å². The number of fused-ring (bicyclic) bond motifs is 1. The van der Waals surface area contributed by atoms with Crippen molar-refractivity contribution in [3.8, 4) is 11.5 Å². The van der Waals surface area contributed by atoms with Crippen LogP contribution in [0.3, 0.4) is 0 Å². The number of hydrogen-bond acceptors (Lipinski definition) is 7. The molecule has 1 aliphatic heterocycles. The second-order valence-electron chi connectivity index (χ2n) is 7.44. The van der Waals surface area contributed by atoms with E-state index in [1.54, 1.807) is 18.2 Å². The normalized spacial score (nSPS) is 21.6. The Morgan fingerprint density at radius 3 is 2.30 bits per heavy atom. The van der Waals surface area contributed by atoms with Crippen molar-refractivity contribution >= 4 is 29.4 Å². The monoisotopic (exact) mass is 418 g/mol. The van der Waals surface area contributed by atoms with E-state index in [0.29, 0.717) is 30.0 Å². The Kier molecular flexibility index (Phi) is 6.59. The Morgan fingerprint density at radius 1 is 1.10 bits per heavy atom. The van der Waals surface area contributed by atoms with Gasteiger partial charge in [0.1, 0.15) is 17.5 Å². The summed E-state index contributed by atoms with van der Waals surface area (Å²) in [6.45, 7) is 0.890. The number of imide groups is 1. The maximum absolute atomic E-state index is 12.6. The molecule has 162 valence electrons. The molecule has 0 aromatic heterocycles. The minimum atomic E-state index is -1.07. The minimum Gasteiger partial charge on any atom is -0.497 e. The van der Waals surface area contributed by atoms with Gasteiger partial charge in [-0.15, -0.1) is 0 Å². The lowest BCUT2D eigenvalue weighted by atomic mass is 9.81. The van der Waals surface area contributed by atoms with E-state index < -0.39 is 24.5 Å². The van der Waals surface area contributed by atoms with E-state index in [4.69, 9.17) is 14.2 Å². The van der Waals surface area contributed by atoms with Gasteiger partial charge in [-0.3, -0.25) is 19.3 Å². The molecule has 2 fully saturated rings. The van der Waals surface area contributed by atoms with Gasteiger partial charge in [-0.25, -0.2) is 4.79 Å². The lowest BCUT2D eigenvalue weighted by molar-refractivity contribution is -0.159. The number of hydrogen-bond donors (Lipinski definition) is 1. The molecule has 1 heterocycles. The second-order valence-corrected chi connectivity index (χ2v) is 7.44. The first-order chi connectivity index (χ1) is 14.4. The lowest BCUT2D eigenvalue weighted by Crippen LogP contribution is -2.45. The summed E-state index contributed by atoms with van der Waals surface area (Å²) in [6.07, 6.45) is 3.14.